The largest absolute Gasteiger partial charge is 0.481 e. The van der Waals surface area contributed by atoms with Gasteiger partial charge in [0.05, 0.1) is 0 Å². The zero-order valence-electron chi connectivity index (χ0n) is 22.3. The molecule has 4 heteroatoms. The minimum atomic E-state index is -0.793. The second-order valence-corrected chi connectivity index (χ2v) is 8.85. The lowest BCUT2D eigenvalue weighted by Gasteiger charge is -2.17. The van der Waals surface area contributed by atoms with Crippen molar-refractivity contribution < 1.29 is 19.4 Å². The van der Waals surface area contributed by atoms with Crippen LogP contribution < -0.4 is 0 Å². The minimum absolute atomic E-state index is 0.135. The van der Waals surface area contributed by atoms with Gasteiger partial charge in [0.1, 0.15) is 6.10 Å². The summed E-state index contributed by atoms with van der Waals surface area (Å²) in [5.74, 6) is -0.936. The van der Waals surface area contributed by atoms with Crippen molar-refractivity contribution in [1.82, 2.24) is 0 Å². The van der Waals surface area contributed by atoms with Crippen LogP contribution in [0, 0.1) is 0 Å². The fraction of sp³-hybridized carbons (Fsp3) is 0.613. The van der Waals surface area contributed by atoms with Gasteiger partial charge >= 0.3 is 11.9 Å². The monoisotopic (exact) mass is 486 g/mol. The molecule has 198 valence electrons. The van der Waals surface area contributed by atoms with Crippen molar-refractivity contribution in [2.45, 2.75) is 123 Å². The SMILES string of the molecule is CC/C=C\C/C=C\C/C=C\C/C=C\C/C=C\CCCCCC(=O)OC(CCCC)CCCC(=O)O. The molecule has 0 saturated heterocycles. The standard InChI is InChI=1S/C31H50O4/c1-3-5-7-8-9-10-11-12-13-14-15-16-17-18-19-20-21-22-23-28-31(34)35-29(25-6-4-2)26-24-27-30(32)33/h5,7,9-10,12-13,15-16,18-19,29H,3-4,6,8,11,14,17,20-28H2,1-2H3,(H,32,33)/b7-5-,10-9-,13-12-,16-15-,19-18-. The summed E-state index contributed by atoms with van der Waals surface area (Å²) >= 11 is 0. The maximum Gasteiger partial charge on any atom is 0.306 e. The summed E-state index contributed by atoms with van der Waals surface area (Å²) in [6.45, 7) is 4.25. The quantitative estimate of drug-likeness (QED) is 0.0888. The number of carbonyl (C=O) groups is 2. The number of ether oxygens (including phenoxy) is 1. The molecule has 0 aliphatic rings. The van der Waals surface area contributed by atoms with Crippen molar-refractivity contribution in [1.29, 1.82) is 0 Å². The number of aliphatic carboxylic acids is 1. The van der Waals surface area contributed by atoms with Gasteiger partial charge in [-0.3, -0.25) is 9.59 Å². The van der Waals surface area contributed by atoms with Crippen LogP contribution in [0.5, 0.6) is 0 Å². The molecule has 0 amide bonds. The Hall–Kier alpha value is -2.36. The Balaban J connectivity index is 3.75. The predicted molar refractivity (Wildman–Crippen MR) is 148 cm³/mol. The highest BCUT2D eigenvalue weighted by molar-refractivity contribution is 5.69. The molecule has 0 aromatic rings. The highest BCUT2D eigenvalue weighted by Crippen LogP contribution is 2.15. The summed E-state index contributed by atoms with van der Waals surface area (Å²) in [7, 11) is 0. The highest BCUT2D eigenvalue weighted by Gasteiger charge is 2.14. The van der Waals surface area contributed by atoms with E-state index in [2.05, 4.69) is 74.6 Å². The lowest BCUT2D eigenvalue weighted by Crippen LogP contribution is -2.18. The molecule has 0 rings (SSSR count). The third kappa shape index (κ3) is 26.1. The molecule has 0 aromatic heterocycles. The summed E-state index contributed by atoms with van der Waals surface area (Å²) in [6.07, 6.45) is 35.6. The van der Waals surface area contributed by atoms with E-state index in [4.69, 9.17) is 9.84 Å². The topological polar surface area (TPSA) is 63.6 Å². The first-order valence-corrected chi connectivity index (χ1v) is 13.8. The van der Waals surface area contributed by atoms with Gasteiger partial charge in [-0.25, -0.2) is 0 Å². The van der Waals surface area contributed by atoms with E-state index in [1.54, 1.807) is 0 Å². The second kappa shape index (κ2) is 26.2. The third-order valence-electron chi connectivity index (χ3n) is 5.50. The predicted octanol–water partition coefficient (Wildman–Crippen LogP) is 9.05. The zero-order chi connectivity index (χ0) is 25.8. The Morgan fingerprint density at radius 2 is 1.20 bits per heavy atom. The van der Waals surface area contributed by atoms with E-state index in [0.717, 1.165) is 77.0 Å². The molecular formula is C31H50O4. The normalized spacial score (nSPS) is 13.2. The lowest BCUT2D eigenvalue weighted by molar-refractivity contribution is -0.150. The van der Waals surface area contributed by atoms with E-state index in [-0.39, 0.29) is 18.5 Å². The number of carbonyl (C=O) groups excluding carboxylic acids is 1. The van der Waals surface area contributed by atoms with E-state index >= 15 is 0 Å². The summed E-state index contributed by atoms with van der Waals surface area (Å²) < 4.78 is 5.61. The van der Waals surface area contributed by atoms with Crippen LogP contribution in [-0.2, 0) is 14.3 Å². The van der Waals surface area contributed by atoms with Gasteiger partial charge in [0.25, 0.3) is 0 Å². The molecule has 0 spiro atoms. The number of carboxylic acids is 1. The van der Waals surface area contributed by atoms with Gasteiger partial charge in [-0.15, -0.1) is 0 Å². The van der Waals surface area contributed by atoms with Gasteiger partial charge in [-0.1, -0.05) is 93.9 Å². The molecule has 0 bridgehead atoms. The van der Waals surface area contributed by atoms with Crippen LogP contribution in [0.1, 0.15) is 117 Å². The van der Waals surface area contributed by atoms with Crippen molar-refractivity contribution >= 4 is 11.9 Å². The number of hydrogen-bond donors (Lipinski definition) is 1. The summed E-state index contributed by atoms with van der Waals surface area (Å²) in [6, 6.07) is 0. The van der Waals surface area contributed by atoms with E-state index in [1.165, 1.54) is 0 Å². The minimum Gasteiger partial charge on any atom is -0.481 e. The second-order valence-electron chi connectivity index (χ2n) is 8.85. The fourth-order valence-electron chi connectivity index (χ4n) is 3.50. The van der Waals surface area contributed by atoms with Gasteiger partial charge in [-0.05, 0) is 70.6 Å². The number of hydrogen-bond acceptors (Lipinski definition) is 3. The molecule has 0 saturated carbocycles. The Morgan fingerprint density at radius 3 is 1.74 bits per heavy atom. The molecule has 0 fully saturated rings. The van der Waals surface area contributed by atoms with E-state index in [1.807, 2.05) is 0 Å². The van der Waals surface area contributed by atoms with E-state index in [0.29, 0.717) is 19.3 Å². The number of carboxylic acid groups (broad SMARTS) is 1. The van der Waals surface area contributed by atoms with Gasteiger partial charge in [0.15, 0.2) is 0 Å². The van der Waals surface area contributed by atoms with Crippen LogP contribution in [-0.4, -0.2) is 23.1 Å². The highest BCUT2D eigenvalue weighted by atomic mass is 16.5. The maximum absolute atomic E-state index is 12.1. The molecule has 0 heterocycles. The summed E-state index contributed by atoms with van der Waals surface area (Å²) in [4.78, 5) is 22.8. The molecule has 0 aromatic carbocycles. The molecule has 0 aliphatic heterocycles. The molecule has 4 nitrogen and oxygen atoms in total. The molecule has 1 unspecified atom stereocenters. The van der Waals surface area contributed by atoms with Crippen LogP contribution in [0.3, 0.4) is 0 Å². The molecule has 35 heavy (non-hydrogen) atoms. The molecule has 0 radical (unpaired) electrons. The zero-order valence-corrected chi connectivity index (χ0v) is 22.3. The van der Waals surface area contributed by atoms with Crippen molar-refractivity contribution in [3.05, 3.63) is 60.8 Å². The van der Waals surface area contributed by atoms with Gasteiger partial charge in [0.2, 0.25) is 0 Å². The van der Waals surface area contributed by atoms with E-state index in [9.17, 15) is 9.59 Å². The number of rotatable bonds is 23. The van der Waals surface area contributed by atoms with Crippen LogP contribution in [0.4, 0.5) is 0 Å². The van der Waals surface area contributed by atoms with Gasteiger partial charge in [-0.2, -0.15) is 0 Å². The Labute approximate surface area is 214 Å². The smallest absolute Gasteiger partial charge is 0.306 e. The Morgan fingerprint density at radius 1 is 0.657 bits per heavy atom. The Bertz CT molecular complexity index is 655. The van der Waals surface area contributed by atoms with Crippen molar-refractivity contribution in [2.24, 2.45) is 0 Å². The first-order chi connectivity index (χ1) is 17.1. The van der Waals surface area contributed by atoms with Gasteiger partial charge in [0, 0.05) is 12.8 Å². The summed E-state index contributed by atoms with van der Waals surface area (Å²) in [5.41, 5.74) is 0. The number of unbranched alkanes of at least 4 members (excludes halogenated alkanes) is 4. The molecule has 1 N–H and O–H groups in total. The average Bonchev–Trinajstić information content (AvgIpc) is 2.83. The van der Waals surface area contributed by atoms with Crippen LogP contribution in [0.25, 0.3) is 0 Å². The molecule has 0 aliphatic carbocycles. The first kappa shape index (κ1) is 32.6. The van der Waals surface area contributed by atoms with Crippen LogP contribution in [0.15, 0.2) is 60.8 Å². The summed E-state index contributed by atoms with van der Waals surface area (Å²) in [5, 5.41) is 8.79. The number of allylic oxidation sites excluding steroid dienone is 10. The third-order valence-corrected chi connectivity index (χ3v) is 5.50. The van der Waals surface area contributed by atoms with Crippen molar-refractivity contribution in [3.63, 3.8) is 0 Å². The van der Waals surface area contributed by atoms with Crippen LogP contribution in [0.2, 0.25) is 0 Å². The van der Waals surface area contributed by atoms with Crippen molar-refractivity contribution in [2.75, 3.05) is 0 Å². The van der Waals surface area contributed by atoms with E-state index < -0.39 is 5.97 Å². The first-order valence-electron chi connectivity index (χ1n) is 13.8. The van der Waals surface area contributed by atoms with Crippen molar-refractivity contribution in [3.8, 4) is 0 Å². The maximum atomic E-state index is 12.1. The fourth-order valence-corrected chi connectivity index (χ4v) is 3.50. The van der Waals surface area contributed by atoms with Crippen LogP contribution >= 0.6 is 0 Å². The number of esters is 1. The Kier molecular flexibility index (Phi) is 24.5. The van der Waals surface area contributed by atoms with Gasteiger partial charge < -0.3 is 9.84 Å². The molecule has 1 atom stereocenters. The molecular weight excluding hydrogens is 436 g/mol. The lowest BCUT2D eigenvalue weighted by atomic mass is 10.1. The average molecular weight is 487 g/mol.